The number of amides is 12. The molecule has 9 atom stereocenters. The molecular formula is C74H117FN18O13Si. The lowest BCUT2D eigenvalue weighted by molar-refractivity contribution is -0.140. The molecule has 4 aromatic rings. The van der Waals surface area contributed by atoms with Crippen molar-refractivity contribution in [3.63, 3.8) is 0 Å². The number of imidazole rings is 1. The van der Waals surface area contributed by atoms with Gasteiger partial charge in [-0.1, -0.05) is 126 Å². The number of carbonyl (C=O) groups excluding carboxylic acids is 12. The Morgan fingerprint density at radius 2 is 1.21 bits per heavy atom. The number of carbonyl (C=O) groups is 12. The van der Waals surface area contributed by atoms with Crippen molar-refractivity contribution in [1.29, 1.82) is 0 Å². The quantitative estimate of drug-likeness (QED) is 0.00983. The summed E-state index contributed by atoms with van der Waals surface area (Å²) in [5.74, 6) is -9.33. The number of aliphatic hydroxyl groups is 1. The van der Waals surface area contributed by atoms with Crippen LogP contribution in [-0.4, -0.2) is 191 Å². The van der Waals surface area contributed by atoms with Gasteiger partial charge < -0.3 is 94.9 Å². The van der Waals surface area contributed by atoms with Crippen molar-refractivity contribution in [1.82, 2.24) is 67.7 Å². The number of likely N-dealkylation sites (N-methyl/N-ethyl adjacent to an activating group) is 1. The van der Waals surface area contributed by atoms with Gasteiger partial charge in [-0.2, -0.15) is 0 Å². The Balaban J connectivity index is 1.43. The number of halogens is 1. The number of fused-ring (bicyclic) bond motifs is 1. The Bertz CT molecular complexity index is 3670. The summed E-state index contributed by atoms with van der Waals surface area (Å²) in [6, 6.07) is 4.41. The molecule has 0 bridgehead atoms. The molecule has 0 fully saturated rings. The molecule has 0 aliphatic heterocycles. The second-order valence-electron chi connectivity index (χ2n) is 30.8. The van der Waals surface area contributed by atoms with Crippen LogP contribution < -0.4 is 76.0 Å². The number of guanidine groups is 1. The maximum absolute atomic E-state index is 17.0. The van der Waals surface area contributed by atoms with E-state index in [0.29, 0.717) is 39.3 Å². The number of aliphatic imine (C=N–C) groups is 1. The highest BCUT2D eigenvalue weighted by molar-refractivity contribution is 6.90. The Morgan fingerprint density at radius 3 is 1.79 bits per heavy atom. The number of nitrogens with one attached hydrogen (secondary N) is 11. The predicted molar refractivity (Wildman–Crippen MR) is 408 cm³/mol. The molecule has 4 rings (SSSR count). The Labute approximate surface area is 627 Å². The second-order valence-corrected chi connectivity index (χ2v) is 35.7. The highest BCUT2D eigenvalue weighted by atomic mass is 28.4. The summed E-state index contributed by atoms with van der Waals surface area (Å²) in [7, 11) is -2.24. The molecule has 0 saturated carbocycles. The van der Waals surface area contributed by atoms with Crippen LogP contribution in [0.25, 0.3) is 10.9 Å². The maximum atomic E-state index is 17.0. The van der Waals surface area contributed by atoms with E-state index in [2.05, 4.69) is 67.8 Å². The Hall–Kier alpha value is -9.79. The fourth-order valence-corrected chi connectivity index (χ4v) is 17.4. The molecule has 20 N–H and O–H groups in total. The van der Waals surface area contributed by atoms with E-state index in [0.717, 1.165) is 4.90 Å². The monoisotopic (exact) mass is 1510 g/mol. The number of benzene rings is 2. The number of hydrogen-bond donors (Lipinski definition) is 16. The number of aromatic amines is 2. The van der Waals surface area contributed by atoms with Crippen molar-refractivity contribution in [2.45, 2.75) is 238 Å². The van der Waals surface area contributed by atoms with Gasteiger partial charge in [-0.05, 0) is 102 Å². The fraction of sp³-hybridized carbons (Fsp3) is 0.595. The van der Waals surface area contributed by atoms with E-state index in [4.69, 9.17) is 22.9 Å². The minimum Gasteiger partial charge on any atom is -0.390 e. The zero-order valence-corrected chi connectivity index (χ0v) is 65.5. The van der Waals surface area contributed by atoms with Crippen LogP contribution in [0, 0.1) is 17.8 Å². The summed E-state index contributed by atoms with van der Waals surface area (Å²) in [5.41, 5.74) is 24.4. The zero-order valence-electron chi connectivity index (χ0n) is 64.5. The van der Waals surface area contributed by atoms with Crippen molar-refractivity contribution >= 4 is 101 Å². The van der Waals surface area contributed by atoms with Crippen LogP contribution in [-0.2, 0) is 76.8 Å². The topological polar surface area (TPSA) is 497 Å². The van der Waals surface area contributed by atoms with Gasteiger partial charge in [0.15, 0.2) is 5.96 Å². The highest BCUT2D eigenvalue weighted by Gasteiger charge is 2.56. The SMILES string of the molecule is CC(C)C[C@H](NC(=O)C[C@H](O)[C@H](CC(C)C)NC(=O)[C@H](Cc1cnc[nH]1)NC(=O)CN(C)C(=O)[C@@H](NC(=O)[C@H](C)NC(=O)[C@H](Cc1c[nH]c2ccccc12)NC(=O)[C@H](CCC(N)=O)NC(=O)CCCCNC(=O)[C@H](CCCN=C(N)N)NC(=O)Cc1ccc([Si]([18F])(C(C)(C)C)C(C)(C)C)cc1)C(C)C)C(N)=O. The second kappa shape index (κ2) is 41.9. The van der Waals surface area contributed by atoms with E-state index in [9.17, 15) is 62.6 Å². The van der Waals surface area contributed by atoms with Gasteiger partial charge in [-0.25, -0.2) is 4.98 Å². The van der Waals surface area contributed by atoms with Crippen molar-refractivity contribution < 1.29 is 66.7 Å². The number of rotatable bonds is 44. The average Bonchev–Trinajstić information content (AvgIpc) is 1.35. The zero-order chi connectivity index (χ0) is 80.3. The lowest BCUT2D eigenvalue weighted by Gasteiger charge is -2.44. The van der Waals surface area contributed by atoms with Crippen LogP contribution in [0.15, 0.2) is 72.2 Å². The van der Waals surface area contributed by atoms with E-state index < -0.39 is 163 Å². The van der Waals surface area contributed by atoms with E-state index >= 15 is 4.11 Å². The molecule has 33 heteroatoms. The summed E-state index contributed by atoms with van der Waals surface area (Å²) in [6.45, 7) is 23.1. The first-order valence-electron chi connectivity index (χ1n) is 36.5. The maximum Gasteiger partial charge on any atom is 0.288 e. The average molecular weight is 1510 g/mol. The van der Waals surface area contributed by atoms with Gasteiger partial charge in [0.1, 0.15) is 42.3 Å². The van der Waals surface area contributed by atoms with E-state index in [-0.39, 0.29) is 102 Å². The lowest BCUT2D eigenvalue weighted by atomic mass is 9.96. The number of aliphatic hydroxyl groups excluding tert-OH is 1. The molecule has 0 saturated heterocycles. The first-order valence-corrected chi connectivity index (χ1v) is 38.4. The number of hydrogen-bond acceptors (Lipinski definition) is 15. The van der Waals surface area contributed by atoms with E-state index in [1.54, 1.807) is 68.6 Å². The van der Waals surface area contributed by atoms with Crippen molar-refractivity contribution in [2.75, 3.05) is 26.7 Å². The Morgan fingerprint density at radius 1 is 0.617 bits per heavy atom. The number of H-pyrrole nitrogens is 2. The van der Waals surface area contributed by atoms with Crippen LogP contribution in [0.4, 0.5) is 4.11 Å². The number of nitrogens with two attached hydrogens (primary N) is 4. The smallest absolute Gasteiger partial charge is 0.288 e. The van der Waals surface area contributed by atoms with Gasteiger partial charge in [-0.15, -0.1) is 0 Å². The van der Waals surface area contributed by atoms with Gasteiger partial charge in [0, 0.05) is 74.8 Å². The molecule has 0 aliphatic rings. The largest absolute Gasteiger partial charge is 0.390 e. The minimum absolute atomic E-state index is 0.0169. The van der Waals surface area contributed by atoms with Crippen molar-refractivity contribution in [3.05, 3.63) is 84.1 Å². The third-order valence-corrected chi connectivity index (χ3v) is 23.5. The van der Waals surface area contributed by atoms with Gasteiger partial charge in [-0.3, -0.25) is 62.5 Å². The van der Waals surface area contributed by atoms with Gasteiger partial charge in [0.05, 0.1) is 37.9 Å². The van der Waals surface area contributed by atoms with Crippen LogP contribution in [0.2, 0.25) is 10.1 Å². The summed E-state index contributed by atoms with van der Waals surface area (Å²) >= 11 is 0. The van der Waals surface area contributed by atoms with Crippen LogP contribution in [0.5, 0.6) is 0 Å². The normalized spacial score (nSPS) is 14.3. The summed E-state index contributed by atoms with van der Waals surface area (Å²) < 4.78 is 17.0. The molecule has 0 unspecified atom stereocenters. The molecule has 12 amide bonds. The minimum atomic E-state index is -3.56. The summed E-state index contributed by atoms with van der Waals surface area (Å²) in [6.07, 6.45) is 2.93. The van der Waals surface area contributed by atoms with Gasteiger partial charge >= 0.3 is 0 Å². The number of unbranched alkanes of at least 4 members (excludes halogenated alkanes) is 1. The number of nitrogens with zero attached hydrogens (tertiary/aromatic N) is 3. The molecule has 2 aromatic carbocycles. The number of aromatic nitrogens is 3. The third kappa shape index (κ3) is 29.1. The molecule has 2 heterocycles. The molecule has 2 aromatic heterocycles. The summed E-state index contributed by atoms with van der Waals surface area (Å²) in [4.78, 5) is 178. The lowest BCUT2D eigenvalue weighted by Crippen LogP contribution is -2.59. The van der Waals surface area contributed by atoms with E-state index in [1.165, 1.54) is 26.5 Å². The first kappa shape index (κ1) is 89.6. The van der Waals surface area contributed by atoms with Crippen molar-refractivity contribution in [2.24, 2.45) is 45.7 Å². The number of primary amides is 2. The van der Waals surface area contributed by atoms with Gasteiger partial charge in [0.25, 0.3) is 8.41 Å². The van der Waals surface area contributed by atoms with Crippen LogP contribution >= 0.6 is 0 Å². The first-order chi connectivity index (χ1) is 50.0. The van der Waals surface area contributed by atoms with Crippen LogP contribution in [0.1, 0.15) is 171 Å². The van der Waals surface area contributed by atoms with Crippen LogP contribution in [0.3, 0.4) is 0 Å². The Kier molecular flexibility index (Phi) is 35.1. The number of para-hydroxylation sites is 1. The molecule has 0 spiro atoms. The molecule has 0 radical (unpaired) electrons. The molecule has 107 heavy (non-hydrogen) atoms. The van der Waals surface area contributed by atoms with Crippen molar-refractivity contribution in [3.8, 4) is 0 Å². The highest BCUT2D eigenvalue weighted by Crippen LogP contribution is 2.51. The third-order valence-electron chi connectivity index (χ3n) is 18.2. The molecular weight excluding hydrogens is 1400 g/mol. The fourth-order valence-electron chi connectivity index (χ4n) is 12.8. The summed E-state index contributed by atoms with van der Waals surface area (Å²) in [5, 5.41) is 35.7. The van der Waals surface area contributed by atoms with Gasteiger partial charge in [0.2, 0.25) is 70.9 Å². The molecule has 592 valence electrons. The predicted octanol–water partition coefficient (Wildman–Crippen LogP) is 1.59. The standard InChI is InChI=1S/C74H117FN18O13Si/c1-42(2)32-54(58(94)37-62(98)88-55(65(77)100)33-43(3)4)90-70(105)57(36-48-39-80-41-84-48)89-63(99)40-93(14)71(106)64(44(5)6)92-66(101)45(7)85-69(104)56(35-47-38-83-51-21-16-15-20-50(47)51)91-68(103)53(28-29-59(76)95)86-60(96)23-17-18-30-81-67(102)52(22-19-31-82-72(78)79)87-61(97)34-46-24-26-49(27-25-46)107(75,73(8,9)10)74(11,12)13/h15-16,20-21,24-27,38-39,41-45,52-58,64,83,94H,17-19,22-23,28-37,40H2,1-14H3,(H2,76,95)(H2,77,100)(H,80,84)(H,81,102)(H,85,104)(H,86,96)(H,87,97)(H,88,98)(H,89,99)(H,90,105)(H,91,103)(H,92,101)(H4,78,79,82)/t45-,52-,53-,54-,55-,56-,57-,58-,64-/m0/s1/i75-1. The van der Waals surface area contributed by atoms with E-state index in [1.807, 2.05) is 69.2 Å². The molecule has 0 aliphatic carbocycles. The molecule has 31 nitrogen and oxygen atoms in total.